The Morgan fingerprint density at radius 1 is 1.28 bits per heavy atom. The fourth-order valence-corrected chi connectivity index (χ4v) is 2.66. The number of rotatable bonds is 4. The van der Waals surface area contributed by atoms with Crippen molar-refractivity contribution >= 4 is 11.9 Å². The molecule has 2 aliphatic carbocycles. The first-order valence-electron chi connectivity index (χ1n) is 6.57. The van der Waals surface area contributed by atoms with Crippen molar-refractivity contribution < 1.29 is 14.7 Å². The Bertz CT molecular complexity index is 387. The summed E-state index contributed by atoms with van der Waals surface area (Å²) < 4.78 is 0. The van der Waals surface area contributed by atoms with Crippen molar-refractivity contribution in [1.29, 1.82) is 0 Å². The van der Waals surface area contributed by atoms with Crippen LogP contribution in [0.25, 0.3) is 0 Å². The van der Waals surface area contributed by atoms with Gasteiger partial charge in [-0.3, -0.25) is 9.59 Å². The highest BCUT2D eigenvalue weighted by molar-refractivity contribution is 5.85. The van der Waals surface area contributed by atoms with Gasteiger partial charge in [-0.25, -0.2) is 0 Å². The molecule has 4 heteroatoms. The highest BCUT2D eigenvalue weighted by Crippen LogP contribution is 2.51. The summed E-state index contributed by atoms with van der Waals surface area (Å²) in [5, 5.41) is 12.0. The van der Waals surface area contributed by atoms with Gasteiger partial charge in [-0.1, -0.05) is 26.0 Å². The topological polar surface area (TPSA) is 66.4 Å². The summed E-state index contributed by atoms with van der Waals surface area (Å²) in [6.07, 6.45) is 5.90. The van der Waals surface area contributed by atoms with Gasteiger partial charge in [0.15, 0.2) is 0 Å². The predicted molar refractivity (Wildman–Crippen MR) is 67.9 cm³/mol. The van der Waals surface area contributed by atoms with Crippen LogP contribution < -0.4 is 5.32 Å². The highest BCUT2D eigenvalue weighted by Gasteiger charge is 2.45. The Hall–Kier alpha value is -1.32. The highest BCUT2D eigenvalue weighted by atomic mass is 16.4. The molecule has 1 saturated carbocycles. The molecule has 0 radical (unpaired) electrons. The summed E-state index contributed by atoms with van der Waals surface area (Å²) >= 11 is 0. The lowest BCUT2D eigenvalue weighted by molar-refractivity contribution is -0.147. The number of carbonyl (C=O) groups excluding carboxylic acids is 1. The van der Waals surface area contributed by atoms with Crippen LogP contribution in [0.15, 0.2) is 12.2 Å². The first-order valence-corrected chi connectivity index (χ1v) is 6.57. The van der Waals surface area contributed by atoms with E-state index in [1.807, 2.05) is 12.2 Å². The van der Waals surface area contributed by atoms with Crippen molar-refractivity contribution in [3.8, 4) is 0 Å². The van der Waals surface area contributed by atoms with E-state index < -0.39 is 17.8 Å². The molecule has 0 heterocycles. The van der Waals surface area contributed by atoms with Gasteiger partial charge in [0.2, 0.25) is 5.91 Å². The van der Waals surface area contributed by atoms with Crippen molar-refractivity contribution in [2.24, 2.45) is 23.2 Å². The third-order valence-corrected chi connectivity index (χ3v) is 4.33. The van der Waals surface area contributed by atoms with Crippen LogP contribution in [0, 0.1) is 23.2 Å². The summed E-state index contributed by atoms with van der Waals surface area (Å²) in [5.74, 6) is -1.40. The molecule has 0 aromatic rings. The molecule has 3 unspecified atom stereocenters. The van der Waals surface area contributed by atoms with Gasteiger partial charge >= 0.3 is 5.97 Å². The molecule has 2 rings (SSSR count). The van der Waals surface area contributed by atoms with Crippen LogP contribution in [-0.4, -0.2) is 23.5 Å². The van der Waals surface area contributed by atoms with Crippen molar-refractivity contribution in [3.63, 3.8) is 0 Å². The summed E-state index contributed by atoms with van der Waals surface area (Å²) in [6.45, 7) is 5.05. The monoisotopic (exact) mass is 251 g/mol. The van der Waals surface area contributed by atoms with Crippen LogP contribution in [0.5, 0.6) is 0 Å². The Labute approximate surface area is 107 Å². The van der Waals surface area contributed by atoms with Gasteiger partial charge < -0.3 is 10.4 Å². The second-order valence-electron chi connectivity index (χ2n) is 6.13. The van der Waals surface area contributed by atoms with E-state index in [-0.39, 0.29) is 5.91 Å². The number of carbonyl (C=O) groups is 2. The van der Waals surface area contributed by atoms with Crippen molar-refractivity contribution in [2.75, 3.05) is 6.54 Å². The van der Waals surface area contributed by atoms with E-state index in [0.29, 0.717) is 30.7 Å². The second kappa shape index (κ2) is 4.75. The minimum absolute atomic E-state index is 0.102. The molecule has 0 saturated heterocycles. The molecule has 0 aromatic heterocycles. The molecule has 1 fully saturated rings. The maximum absolute atomic E-state index is 12.0. The fraction of sp³-hybridized carbons (Fsp3) is 0.714. The second-order valence-corrected chi connectivity index (χ2v) is 6.13. The van der Waals surface area contributed by atoms with Crippen LogP contribution in [0.3, 0.4) is 0 Å². The average Bonchev–Trinajstić information content (AvgIpc) is 2.94. The van der Waals surface area contributed by atoms with Crippen molar-refractivity contribution in [3.05, 3.63) is 12.2 Å². The standard InChI is InChI=1S/C14H21NO3/c1-14(2)7-9(14)8-15-12(16)10-5-3-4-6-11(10)13(17)18/h3-4,9-11H,5-8H2,1-2H3,(H,15,16)(H,17,18). The maximum Gasteiger partial charge on any atom is 0.307 e. The number of hydrogen-bond donors (Lipinski definition) is 2. The smallest absolute Gasteiger partial charge is 0.307 e. The van der Waals surface area contributed by atoms with E-state index in [4.69, 9.17) is 5.11 Å². The number of amides is 1. The molecule has 0 aliphatic heterocycles. The summed E-state index contributed by atoms with van der Waals surface area (Å²) in [4.78, 5) is 23.2. The van der Waals surface area contributed by atoms with Crippen molar-refractivity contribution in [2.45, 2.75) is 33.1 Å². The fourth-order valence-electron chi connectivity index (χ4n) is 2.66. The zero-order valence-corrected chi connectivity index (χ0v) is 11.0. The van der Waals surface area contributed by atoms with Gasteiger partial charge in [0.05, 0.1) is 11.8 Å². The van der Waals surface area contributed by atoms with E-state index in [2.05, 4.69) is 19.2 Å². The quantitative estimate of drug-likeness (QED) is 0.749. The molecule has 100 valence electrons. The first kappa shape index (κ1) is 13.1. The minimum atomic E-state index is -0.869. The number of carboxylic acid groups (broad SMARTS) is 1. The van der Waals surface area contributed by atoms with E-state index in [0.717, 1.165) is 6.42 Å². The molecular formula is C14H21NO3. The summed E-state index contributed by atoms with van der Waals surface area (Å²) in [6, 6.07) is 0. The Kier molecular flexibility index (Phi) is 3.46. The van der Waals surface area contributed by atoms with Gasteiger partial charge in [0, 0.05) is 6.54 Å². The molecule has 0 spiro atoms. The van der Waals surface area contributed by atoms with Gasteiger partial charge in [-0.2, -0.15) is 0 Å². The minimum Gasteiger partial charge on any atom is -0.481 e. The van der Waals surface area contributed by atoms with Crippen LogP contribution in [0.1, 0.15) is 33.1 Å². The van der Waals surface area contributed by atoms with E-state index in [1.165, 1.54) is 0 Å². The molecule has 1 amide bonds. The molecule has 2 N–H and O–H groups in total. The van der Waals surface area contributed by atoms with E-state index >= 15 is 0 Å². The van der Waals surface area contributed by atoms with Crippen molar-refractivity contribution in [1.82, 2.24) is 5.32 Å². The Morgan fingerprint density at radius 3 is 2.33 bits per heavy atom. The summed E-state index contributed by atoms with van der Waals surface area (Å²) in [7, 11) is 0. The summed E-state index contributed by atoms with van der Waals surface area (Å²) in [5.41, 5.74) is 0.339. The van der Waals surface area contributed by atoms with Gasteiger partial charge in [0.1, 0.15) is 0 Å². The number of aliphatic carboxylic acids is 1. The largest absolute Gasteiger partial charge is 0.481 e. The number of carboxylic acids is 1. The van der Waals surface area contributed by atoms with Crippen LogP contribution >= 0.6 is 0 Å². The van der Waals surface area contributed by atoms with Gasteiger partial charge in [0.25, 0.3) is 0 Å². The van der Waals surface area contributed by atoms with Gasteiger partial charge in [-0.05, 0) is 30.6 Å². The van der Waals surface area contributed by atoms with E-state index in [1.54, 1.807) is 0 Å². The maximum atomic E-state index is 12.0. The molecule has 3 atom stereocenters. The van der Waals surface area contributed by atoms with Crippen LogP contribution in [0.4, 0.5) is 0 Å². The third kappa shape index (κ3) is 2.74. The first-order chi connectivity index (χ1) is 8.42. The normalized spacial score (nSPS) is 32.9. The lowest BCUT2D eigenvalue weighted by atomic mass is 9.82. The lowest BCUT2D eigenvalue weighted by Gasteiger charge is -2.24. The van der Waals surface area contributed by atoms with Gasteiger partial charge in [-0.15, -0.1) is 0 Å². The zero-order chi connectivity index (χ0) is 13.3. The Morgan fingerprint density at radius 2 is 1.83 bits per heavy atom. The molecule has 2 aliphatic rings. The number of nitrogens with one attached hydrogen (secondary N) is 1. The SMILES string of the molecule is CC1(C)CC1CNC(=O)C1CC=CCC1C(=O)O. The zero-order valence-electron chi connectivity index (χ0n) is 11.0. The average molecular weight is 251 g/mol. The van der Waals surface area contributed by atoms with E-state index in [9.17, 15) is 9.59 Å². The molecule has 18 heavy (non-hydrogen) atoms. The number of hydrogen-bond acceptors (Lipinski definition) is 2. The Balaban J connectivity index is 1.87. The molecule has 4 nitrogen and oxygen atoms in total. The lowest BCUT2D eigenvalue weighted by Crippen LogP contribution is -2.39. The third-order valence-electron chi connectivity index (χ3n) is 4.33. The molecule has 0 aromatic carbocycles. The number of allylic oxidation sites excluding steroid dienone is 2. The predicted octanol–water partition coefficient (Wildman–Crippen LogP) is 1.82. The molecular weight excluding hydrogens is 230 g/mol. The van der Waals surface area contributed by atoms with Crippen LogP contribution in [-0.2, 0) is 9.59 Å². The molecule has 0 bridgehead atoms. The van der Waals surface area contributed by atoms with Crippen LogP contribution in [0.2, 0.25) is 0 Å².